The molecule has 114 valence electrons. The van der Waals surface area contributed by atoms with Gasteiger partial charge in [-0.2, -0.15) is 11.8 Å². The summed E-state index contributed by atoms with van der Waals surface area (Å²) < 4.78 is 5.37. The second-order valence-electron chi connectivity index (χ2n) is 5.58. The molecule has 0 saturated carbocycles. The number of methoxy groups -OCH3 is 1. The van der Waals surface area contributed by atoms with Crippen molar-refractivity contribution in [3.8, 4) is 5.75 Å². The summed E-state index contributed by atoms with van der Waals surface area (Å²) in [6.07, 6.45) is 3.31. The zero-order valence-electron chi connectivity index (χ0n) is 12.4. The first-order valence-electron chi connectivity index (χ1n) is 7.58. The molecule has 0 bridgehead atoms. The van der Waals surface area contributed by atoms with Crippen molar-refractivity contribution in [2.75, 3.05) is 30.1 Å². The number of para-hydroxylation sites is 2. The monoisotopic (exact) mass is 306 g/mol. The summed E-state index contributed by atoms with van der Waals surface area (Å²) in [6, 6.07) is 8.17. The Morgan fingerprint density at radius 2 is 2.19 bits per heavy atom. The van der Waals surface area contributed by atoms with Crippen LogP contribution in [0.25, 0.3) is 0 Å². The second kappa shape index (κ2) is 6.71. The smallest absolute Gasteiger partial charge is 0.244 e. The number of nitrogens with zero attached hydrogens (tertiary/aromatic N) is 1. The molecular weight excluding hydrogens is 284 g/mol. The molecule has 21 heavy (non-hydrogen) atoms. The van der Waals surface area contributed by atoms with E-state index in [9.17, 15) is 4.79 Å². The number of rotatable bonds is 4. The average molecular weight is 306 g/mol. The van der Waals surface area contributed by atoms with Gasteiger partial charge in [-0.3, -0.25) is 4.79 Å². The fraction of sp³-hybridized carbons (Fsp3) is 0.562. The average Bonchev–Trinajstić information content (AvgIpc) is 2.89. The van der Waals surface area contributed by atoms with E-state index in [1.807, 2.05) is 40.9 Å². The van der Waals surface area contributed by atoms with E-state index in [4.69, 9.17) is 4.74 Å². The third-order valence-electron chi connectivity index (χ3n) is 4.18. The molecule has 3 rings (SSSR count). The largest absolute Gasteiger partial charge is 0.495 e. The predicted octanol–water partition coefficient (Wildman–Crippen LogP) is 2.29. The molecule has 0 radical (unpaired) electrons. The third-order valence-corrected chi connectivity index (χ3v) is 5.39. The molecule has 2 fully saturated rings. The highest BCUT2D eigenvalue weighted by atomic mass is 32.2. The number of amides is 1. The summed E-state index contributed by atoms with van der Waals surface area (Å²) in [5, 5.41) is 3.55. The highest BCUT2D eigenvalue weighted by Crippen LogP contribution is 2.31. The van der Waals surface area contributed by atoms with Gasteiger partial charge in [0, 0.05) is 18.3 Å². The Labute approximate surface area is 130 Å². The van der Waals surface area contributed by atoms with Gasteiger partial charge in [-0.25, -0.2) is 0 Å². The second-order valence-corrected chi connectivity index (χ2v) is 6.73. The molecule has 2 aliphatic rings. The molecular formula is C16H22N2O2S. The zero-order valence-corrected chi connectivity index (χ0v) is 13.2. The minimum absolute atomic E-state index is 0.0430. The van der Waals surface area contributed by atoms with Crippen LogP contribution in [-0.2, 0) is 4.79 Å². The van der Waals surface area contributed by atoms with Crippen LogP contribution in [-0.4, -0.2) is 43.2 Å². The zero-order chi connectivity index (χ0) is 14.7. The molecule has 1 amide bonds. The van der Waals surface area contributed by atoms with Crippen LogP contribution >= 0.6 is 11.8 Å². The molecule has 2 atom stereocenters. The lowest BCUT2D eigenvalue weighted by Gasteiger charge is -2.26. The summed E-state index contributed by atoms with van der Waals surface area (Å²) >= 11 is 1.98. The summed E-state index contributed by atoms with van der Waals surface area (Å²) in [5.41, 5.74) is 0.882. The first-order chi connectivity index (χ1) is 10.3. The van der Waals surface area contributed by atoms with Crippen molar-refractivity contribution < 1.29 is 9.53 Å². The van der Waals surface area contributed by atoms with E-state index in [1.54, 1.807) is 7.11 Å². The van der Waals surface area contributed by atoms with Crippen molar-refractivity contribution in [3.63, 3.8) is 0 Å². The number of nitrogens with one attached hydrogen (secondary N) is 1. The molecule has 2 heterocycles. The SMILES string of the molecule is COc1ccccc1N1CCC(NC2CCCSC2)C1=O. The highest BCUT2D eigenvalue weighted by molar-refractivity contribution is 7.99. The molecule has 5 heteroatoms. The maximum atomic E-state index is 12.6. The molecule has 0 aromatic heterocycles. The summed E-state index contributed by atoms with van der Waals surface area (Å²) in [5.74, 6) is 3.32. The van der Waals surface area contributed by atoms with Crippen LogP contribution in [0.4, 0.5) is 5.69 Å². The summed E-state index contributed by atoms with van der Waals surface area (Å²) in [4.78, 5) is 14.5. The van der Waals surface area contributed by atoms with Crippen LogP contribution in [0.5, 0.6) is 5.75 Å². The van der Waals surface area contributed by atoms with E-state index in [2.05, 4.69) is 5.32 Å². The van der Waals surface area contributed by atoms with Gasteiger partial charge in [-0.1, -0.05) is 12.1 Å². The van der Waals surface area contributed by atoms with Gasteiger partial charge in [-0.05, 0) is 37.1 Å². The molecule has 2 unspecified atom stereocenters. The number of hydrogen-bond donors (Lipinski definition) is 1. The molecule has 1 aromatic carbocycles. The van der Waals surface area contributed by atoms with Gasteiger partial charge in [0.2, 0.25) is 5.91 Å². The Hall–Kier alpha value is -1.20. The summed E-state index contributed by atoms with van der Waals surface area (Å²) in [7, 11) is 1.65. The Balaban J connectivity index is 1.68. The van der Waals surface area contributed by atoms with E-state index < -0.39 is 0 Å². The maximum Gasteiger partial charge on any atom is 0.244 e. The minimum atomic E-state index is -0.0430. The number of benzene rings is 1. The topological polar surface area (TPSA) is 41.6 Å². The quantitative estimate of drug-likeness (QED) is 0.927. The van der Waals surface area contributed by atoms with Crippen LogP contribution in [0.3, 0.4) is 0 Å². The number of anilines is 1. The van der Waals surface area contributed by atoms with Gasteiger partial charge in [0.15, 0.2) is 0 Å². The molecule has 2 saturated heterocycles. The van der Waals surface area contributed by atoms with Crippen molar-refractivity contribution in [1.29, 1.82) is 0 Å². The normalized spacial score (nSPS) is 26.1. The molecule has 4 nitrogen and oxygen atoms in total. The van der Waals surface area contributed by atoms with Crippen molar-refractivity contribution >= 4 is 23.4 Å². The van der Waals surface area contributed by atoms with Crippen LogP contribution in [0, 0.1) is 0 Å². The van der Waals surface area contributed by atoms with Gasteiger partial charge < -0.3 is 15.0 Å². The Kier molecular flexibility index (Phi) is 4.70. The molecule has 2 aliphatic heterocycles. The van der Waals surface area contributed by atoms with E-state index in [1.165, 1.54) is 18.6 Å². The molecule has 0 spiro atoms. The number of carbonyl (C=O) groups excluding carboxylic acids is 1. The minimum Gasteiger partial charge on any atom is -0.495 e. The predicted molar refractivity (Wildman–Crippen MR) is 87.2 cm³/mol. The van der Waals surface area contributed by atoms with Gasteiger partial charge in [0.1, 0.15) is 5.75 Å². The van der Waals surface area contributed by atoms with E-state index in [0.29, 0.717) is 6.04 Å². The Bertz CT molecular complexity index is 503. The van der Waals surface area contributed by atoms with Crippen molar-refractivity contribution in [1.82, 2.24) is 5.32 Å². The lowest BCUT2D eigenvalue weighted by atomic mass is 10.1. The number of ether oxygens (including phenoxy) is 1. The Morgan fingerprint density at radius 1 is 1.33 bits per heavy atom. The Morgan fingerprint density at radius 3 is 2.95 bits per heavy atom. The lowest BCUT2D eigenvalue weighted by molar-refractivity contribution is -0.119. The molecule has 1 N–H and O–H groups in total. The maximum absolute atomic E-state index is 12.6. The van der Waals surface area contributed by atoms with Gasteiger partial charge in [-0.15, -0.1) is 0 Å². The lowest BCUT2D eigenvalue weighted by Crippen LogP contribution is -2.45. The molecule has 0 aliphatic carbocycles. The van der Waals surface area contributed by atoms with Crippen LogP contribution < -0.4 is 15.0 Å². The first kappa shape index (κ1) is 14.7. The van der Waals surface area contributed by atoms with Crippen molar-refractivity contribution in [2.45, 2.75) is 31.3 Å². The van der Waals surface area contributed by atoms with Gasteiger partial charge in [0.05, 0.1) is 18.8 Å². The fourth-order valence-corrected chi connectivity index (χ4v) is 4.17. The summed E-state index contributed by atoms with van der Waals surface area (Å²) in [6.45, 7) is 0.761. The van der Waals surface area contributed by atoms with Gasteiger partial charge >= 0.3 is 0 Å². The van der Waals surface area contributed by atoms with E-state index in [0.717, 1.165) is 30.2 Å². The fourth-order valence-electron chi connectivity index (χ4n) is 3.08. The highest BCUT2D eigenvalue weighted by Gasteiger charge is 2.35. The van der Waals surface area contributed by atoms with Crippen LogP contribution in [0.1, 0.15) is 19.3 Å². The van der Waals surface area contributed by atoms with Crippen molar-refractivity contribution in [2.24, 2.45) is 0 Å². The standard InChI is InChI=1S/C16H22N2O2S/c1-20-15-7-3-2-6-14(15)18-9-8-13(16(18)19)17-12-5-4-10-21-11-12/h2-3,6-7,12-13,17H,4-5,8-11H2,1H3. The first-order valence-corrected chi connectivity index (χ1v) is 8.73. The van der Waals surface area contributed by atoms with Crippen LogP contribution in [0.2, 0.25) is 0 Å². The third kappa shape index (κ3) is 3.19. The number of thioether (sulfide) groups is 1. The van der Waals surface area contributed by atoms with Crippen molar-refractivity contribution in [3.05, 3.63) is 24.3 Å². The van der Waals surface area contributed by atoms with Crippen LogP contribution in [0.15, 0.2) is 24.3 Å². The number of carbonyl (C=O) groups is 1. The van der Waals surface area contributed by atoms with Gasteiger partial charge in [0.25, 0.3) is 0 Å². The van der Waals surface area contributed by atoms with E-state index >= 15 is 0 Å². The number of hydrogen-bond acceptors (Lipinski definition) is 4. The van der Waals surface area contributed by atoms with E-state index in [-0.39, 0.29) is 11.9 Å². The molecule has 1 aromatic rings.